The molecule has 1 atom stereocenters. The molecule has 0 saturated heterocycles. The molecule has 0 bridgehead atoms. The fraction of sp³-hybridized carbons (Fsp3) is 0.182. The Labute approximate surface area is 78.0 Å². The standard InChI is InChI=1S/C11H10N2/c1-2-9-3-5-10(6-4-9)11(13)7-8-12/h1,3-6,11H,7,13H2/t11-/m1/s1. The summed E-state index contributed by atoms with van der Waals surface area (Å²) in [4.78, 5) is 0. The summed E-state index contributed by atoms with van der Waals surface area (Å²) in [5.41, 5.74) is 7.49. The highest BCUT2D eigenvalue weighted by Crippen LogP contribution is 2.13. The third-order valence-corrected chi connectivity index (χ3v) is 1.82. The van der Waals surface area contributed by atoms with Gasteiger partial charge in [0, 0.05) is 11.6 Å². The molecule has 0 fully saturated rings. The number of hydrogen-bond donors (Lipinski definition) is 1. The normalized spacial score (nSPS) is 11.3. The summed E-state index contributed by atoms with van der Waals surface area (Å²) >= 11 is 0. The van der Waals surface area contributed by atoms with Gasteiger partial charge in [-0.25, -0.2) is 0 Å². The molecule has 1 aromatic carbocycles. The van der Waals surface area contributed by atoms with Crippen LogP contribution in [0.25, 0.3) is 0 Å². The van der Waals surface area contributed by atoms with Gasteiger partial charge in [0.25, 0.3) is 0 Å². The Morgan fingerprint density at radius 1 is 1.38 bits per heavy atom. The summed E-state index contributed by atoms with van der Waals surface area (Å²) in [5.74, 6) is 2.52. The van der Waals surface area contributed by atoms with Gasteiger partial charge in [-0.15, -0.1) is 6.42 Å². The molecule has 0 aliphatic carbocycles. The molecular formula is C11H10N2. The largest absolute Gasteiger partial charge is 0.323 e. The monoisotopic (exact) mass is 170 g/mol. The van der Waals surface area contributed by atoms with Gasteiger partial charge >= 0.3 is 0 Å². The molecule has 0 aliphatic heterocycles. The lowest BCUT2D eigenvalue weighted by Gasteiger charge is -2.06. The van der Waals surface area contributed by atoms with Crippen LogP contribution < -0.4 is 5.73 Å². The van der Waals surface area contributed by atoms with Gasteiger partial charge in [-0.3, -0.25) is 0 Å². The molecule has 2 heteroatoms. The minimum absolute atomic E-state index is 0.211. The Balaban J connectivity index is 2.82. The van der Waals surface area contributed by atoms with Gasteiger partial charge in [0.15, 0.2) is 0 Å². The summed E-state index contributed by atoms with van der Waals surface area (Å²) in [5, 5.41) is 8.44. The zero-order valence-corrected chi connectivity index (χ0v) is 7.20. The first kappa shape index (κ1) is 9.32. The highest BCUT2D eigenvalue weighted by atomic mass is 14.6. The van der Waals surface area contributed by atoms with Crippen LogP contribution >= 0.6 is 0 Å². The molecule has 1 aromatic rings. The second-order valence-corrected chi connectivity index (χ2v) is 2.74. The van der Waals surface area contributed by atoms with E-state index < -0.39 is 0 Å². The molecule has 0 spiro atoms. The van der Waals surface area contributed by atoms with Crippen molar-refractivity contribution < 1.29 is 0 Å². The summed E-state index contributed by atoms with van der Waals surface area (Å²) in [6.45, 7) is 0. The number of nitriles is 1. The van der Waals surface area contributed by atoms with Gasteiger partial charge < -0.3 is 5.73 Å². The molecule has 0 aliphatic rings. The summed E-state index contributed by atoms with van der Waals surface area (Å²) in [6, 6.07) is 9.19. The van der Waals surface area contributed by atoms with Crippen LogP contribution in [0.3, 0.4) is 0 Å². The van der Waals surface area contributed by atoms with E-state index in [1.165, 1.54) is 0 Å². The summed E-state index contributed by atoms with van der Waals surface area (Å²) < 4.78 is 0. The summed E-state index contributed by atoms with van der Waals surface area (Å²) in [7, 11) is 0. The second kappa shape index (κ2) is 4.30. The maximum atomic E-state index is 8.44. The molecular weight excluding hydrogens is 160 g/mol. The minimum atomic E-state index is -0.211. The average molecular weight is 170 g/mol. The van der Waals surface area contributed by atoms with Gasteiger partial charge in [-0.05, 0) is 17.7 Å². The van der Waals surface area contributed by atoms with Crippen molar-refractivity contribution in [1.82, 2.24) is 0 Å². The van der Waals surface area contributed by atoms with Crippen molar-refractivity contribution in [3.8, 4) is 18.4 Å². The predicted octanol–water partition coefficient (Wildman–Crippen LogP) is 1.58. The van der Waals surface area contributed by atoms with E-state index in [2.05, 4.69) is 5.92 Å². The third-order valence-electron chi connectivity index (χ3n) is 1.82. The number of hydrogen-bond acceptors (Lipinski definition) is 2. The number of terminal acetylenes is 1. The van der Waals surface area contributed by atoms with Gasteiger partial charge in [-0.1, -0.05) is 18.1 Å². The van der Waals surface area contributed by atoms with Crippen molar-refractivity contribution in [3.05, 3.63) is 35.4 Å². The van der Waals surface area contributed by atoms with Crippen LogP contribution in [0.5, 0.6) is 0 Å². The minimum Gasteiger partial charge on any atom is -0.323 e. The lowest BCUT2D eigenvalue weighted by molar-refractivity contribution is 0.748. The zero-order chi connectivity index (χ0) is 9.68. The molecule has 0 amide bonds. The Morgan fingerprint density at radius 2 is 2.00 bits per heavy atom. The van der Waals surface area contributed by atoms with E-state index in [1.807, 2.05) is 30.3 Å². The molecule has 0 aromatic heterocycles. The SMILES string of the molecule is C#Cc1ccc([C@H](N)CC#N)cc1. The van der Waals surface area contributed by atoms with Gasteiger partial charge in [0.05, 0.1) is 12.5 Å². The van der Waals surface area contributed by atoms with Crippen molar-refractivity contribution >= 4 is 0 Å². The molecule has 2 N–H and O–H groups in total. The van der Waals surface area contributed by atoms with Crippen LogP contribution in [0, 0.1) is 23.7 Å². The molecule has 2 nitrogen and oxygen atoms in total. The fourth-order valence-corrected chi connectivity index (χ4v) is 1.04. The van der Waals surface area contributed by atoms with Crippen molar-refractivity contribution in [2.75, 3.05) is 0 Å². The van der Waals surface area contributed by atoms with Crippen molar-refractivity contribution in [3.63, 3.8) is 0 Å². The van der Waals surface area contributed by atoms with E-state index in [0.717, 1.165) is 11.1 Å². The van der Waals surface area contributed by atoms with Crippen LogP contribution in [0.15, 0.2) is 24.3 Å². The summed E-state index contributed by atoms with van der Waals surface area (Å²) in [6.07, 6.45) is 5.53. The predicted molar refractivity (Wildman–Crippen MR) is 51.5 cm³/mol. The smallest absolute Gasteiger partial charge is 0.0641 e. The third kappa shape index (κ3) is 2.33. The highest BCUT2D eigenvalue weighted by Gasteiger charge is 2.03. The van der Waals surface area contributed by atoms with E-state index in [0.29, 0.717) is 6.42 Å². The van der Waals surface area contributed by atoms with Crippen molar-refractivity contribution in [2.24, 2.45) is 5.73 Å². The van der Waals surface area contributed by atoms with Crippen LogP contribution in [-0.4, -0.2) is 0 Å². The van der Waals surface area contributed by atoms with Crippen molar-refractivity contribution in [1.29, 1.82) is 5.26 Å². The molecule has 0 saturated carbocycles. The van der Waals surface area contributed by atoms with E-state index in [1.54, 1.807) is 0 Å². The molecule has 13 heavy (non-hydrogen) atoms. The average Bonchev–Trinajstić information content (AvgIpc) is 2.18. The Hall–Kier alpha value is -1.77. The maximum Gasteiger partial charge on any atom is 0.0641 e. The maximum absolute atomic E-state index is 8.44. The molecule has 64 valence electrons. The lowest BCUT2D eigenvalue weighted by atomic mass is 10.0. The van der Waals surface area contributed by atoms with Gasteiger partial charge in [0.2, 0.25) is 0 Å². The van der Waals surface area contributed by atoms with Crippen LogP contribution in [0.4, 0.5) is 0 Å². The quantitative estimate of drug-likeness (QED) is 0.685. The number of rotatable bonds is 2. The Morgan fingerprint density at radius 3 is 2.46 bits per heavy atom. The number of nitrogens with zero attached hydrogens (tertiary/aromatic N) is 1. The molecule has 0 unspecified atom stereocenters. The fourth-order valence-electron chi connectivity index (χ4n) is 1.04. The van der Waals surface area contributed by atoms with E-state index in [-0.39, 0.29) is 6.04 Å². The molecule has 0 radical (unpaired) electrons. The van der Waals surface area contributed by atoms with Crippen LogP contribution in [-0.2, 0) is 0 Å². The van der Waals surface area contributed by atoms with E-state index in [9.17, 15) is 0 Å². The van der Waals surface area contributed by atoms with E-state index in [4.69, 9.17) is 17.4 Å². The van der Waals surface area contributed by atoms with Crippen molar-refractivity contribution in [2.45, 2.75) is 12.5 Å². The van der Waals surface area contributed by atoms with Crippen LogP contribution in [0.2, 0.25) is 0 Å². The second-order valence-electron chi connectivity index (χ2n) is 2.74. The Kier molecular flexibility index (Phi) is 3.09. The first-order chi connectivity index (χ1) is 6.27. The lowest BCUT2D eigenvalue weighted by Crippen LogP contribution is -2.08. The van der Waals surface area contributed by atoms with Crippen LogP contribution in [0.1, 0.15) is 23.6 Å². The van der Waals surface area contributed by atoms with Gasteiger partial charge in [-0.2, -0.15) is 5.26 Å². The first-order valence-electron chi connectivity index (χ1n) is 3.97. The number of benzene rings is 1. The first-order valence-corrected chi connectivity index (χ1v) is 3.97. The Bertz CT molecular complexity index is 351. The molecule has 0 heterocycles. The highest BCUT2D eigenvalue weighted by molar-refractivity contribution is 5.35. The molecule has 1 rings (SSSR count). The van der Waals surface area contributed by atoms with E-state index >= 15 is 0 Å². The number of nitrogens with two attached hydrogens (primary N) is 1. The topological polar surface area (TPSA) is 49.8 Å². The van der Waals surface area contributed by atoms with Gasteiger partial charge in [0.1, 0.15) is 0 Å². The zero-order valence-electron chi connectivity index (χ0n) is 7.20.